The van der Waals surface area contributed by atoms with Crippen molar-refractivity contribution in [3.63, 3.8) is 0 Å². The molecule has 0 radical (unpaired) electrons. The molecule has 5 nitrogen and oxygen atoms in total. The monoisotopic (exact) mass is 279 g/mol. The Morgan fingerprint density at radius 3 is 2.25 bits per heavy atom. The molecule has 0 aliphatic heterocycles. The average molecular weight is 279 g/mol. The maximum Gasteiger partial charge on any atom is 0.335 e. The van der Waals surface area contributed by atoms with Crippen molar-refractivity contribution in [3.8, 4) is 5.75 Å². The number of hydrogen-bond donors (Lipinski definition) is 3. The molecule has 0 atom stereocenters. The summed E-state index contributed by atoms with van der Waals surface area (Å²) in [5, 5.41) is 21.3. The van der Waals surface area contributed by atoms with Gasteiger partial charge in [0.2, 0.25) is 0 Å². The molecule has 0 heterocycles. The van der Waals surface area contributed by atoms with Crippen LogP contribution < -0.4 is 5.32 Å². The minimum atomic E-state index is -1.18. The molecular formula is C15H21NO4. The Balaban J connectivity index is 2.95. The fraction of sp³-hybridized carbons (Fsp3) is 0.467. The largest absolute Gasteiger partial charge is 0.508 e. The van der Waals surface area contributed by atoms with Gasteiger partial charge in [-0.2, -0.15) is 0 Å². The first-order valence-electron chi connectivity index (χ1n) is 6.50. The molecule has 20 heavy (non-hydrogen) atoms. The summed E-state index contributed by atoms with van der Waals surface area (Å²) in [4.78, 5) is 23.1. The Labute approximate surface area is 118 Å². The second kappa shape index (κ2) is 5.94. The van der Waals surface area contributed by atoms with Gasteiger partial charge in [0, 0.05) is 11.1 Å². The van der Waals surface area contributed by atoms with Gasteiger partial charge in [0.15, 0.2) is 0 Å². The minimum Gasteiger partial charge on any atom is -0.508 e. The van der Waals surface area contributed by atoms with Gasteiger partial charge in [0.25, 0.3) is 5.91 Å². The van der Waals surface area contributed by atoms with Gasteiger partial charge in [-0.3, -0.25) is 4.79 Å². The fourth-order valence-corrected chi connectivity index (χ4v) is 2.32. The molecule has 0 aliphatic carbocycles. The number of phenols is 1. The smallest absolute Gasteiger partial charge is 0.335 e. The third-order valence-electron chi connectivity index (χ3n) is 2.80. The molecule has 0 saturated heterocycles. The van der Waals surface area contributed by atoms with Crippen molar-refractivity contribution in [2.75, 3.05) is 0 Å². The molecule has 0 unspecified atom stereocenters. The summed E-state index contributed by atoms with van der Waals surface area (Å²) in [5.74, 6) is -1.40. The van der Waals surface area contributed by atoms with Crippen molar-refractivity contribution in [1.29, 1.82) is 0 Å². The van der Waals surface area contributed by atoms with Gasteiger partial charge in [-0.15, -0.1) is 0 Å². The van der Waals surface area contributed by atoms with E-state index in [1.165, 1.54) is 12.1 Å². The molecule has 5 heteroatoms. The van der Waals surface area contributed by atoms with Crippen LogP contribution in [0.1, 0.15) is 54.8 Å². The molecule has 0 spiro atoms. The predicted octanol–water partition coefficient (Wildman–Crippen LogP) is 2.64. The standard InChI is InChI=1S/C15H21NO4/c1-9(2)8-15(3,4)16-13(18)10-5-11(14(19)20)7-12(17)6-10/h5-7,9,17H,8H2,1-4H3,(H,16,18)(H,19,20). The van der Waals surface area contributed by atoms with E-state index in [4.69, 9.17) is 5.11 Å². The normalized spacial score (nSPS) is 11.4. The number of carboxylic acids is 1. The highest BCUT2D eigenvalue weighted by molar-refractivity contribution is 5.98. The van der Waals surface area contributed by atoms with E-state index in [-0.39, 0.29) is 16.9 Å². The van der Waals surface area contributed by atoms with Crippen LogP contribution in [0.25, 0.3) is 0 Å². The van der Waals surface area contributed by atoms with Crippen LogP contribution in [0.15, 0.2) is 18.2 Å². The van der Waals surface area contributed by atoms with Crippen LogP contribution in [0.5, 0.6) is 5.75 Å². The molecule has 1 aromatic carbocycles. The molecule has 110 valence electrons. The second-order valence-corrected chi connectivity index (χ2v) is 6.01. The maximum atomic E-state index is 12.2. The van der Waals surface area contributed by atoms with Crippen LogP contribution in [0.4, 0.5) is 0 Å². The van der Waals surface area contributed by atoms with Gasteiger partial charge < -0.3 is 15.5 Å². The highest BCUT2D eigenvalue weighted by Crippen LogP contribution is 2.19. The molecule has 0 saturated carbocycles. The summed E-state index contributed by atoms with van der Waals surface area (Å²) < 4.78 is 0. The number of carbonyl (C=O) groups is 2. The van der Waals surface area contributed by atoms with E-state index in [2.05, 4.69) is 19.2 Å². The number of amides is 1. The van der Waals surface area contributed by atoms with E-state index < -0.39 is 17.4 Å². The highest BCUT2D eigenvalue weighted by atomic mass is 16.4. The summed E-state index contributed by atoms with van der Waals surface area (Å²) in [6.07, 6.45) is 0.795. The zero-order valence-electron chi connectivity index (χ0n) is 12.2. The van der Waals surface area contributed by atoms with Crippen molar-refractivity contribution in [2.24, 2.45) is 5.92 Å². The van der Waals surface area contributed by atoms with Gasteiger partial charge in [0.05, 0.1) is 5.56 Å². The van der Waals surface area contributed by atoms with Crippen LogP contribution in [-0.4, -0.2) is 27.6 Å². The first-order chi connectivity index (χ1) is 9.10. The number of phenolic OH excluding ortho intramolecular Hbond substituents is 1. The Bertz CT molecular complexity index is 521. The first-order valence-corrected chi connectivity index (χ1v) is 6.50. The van der Waals surface area contributed by atoms with Crippen molar-refractivity contribution in [1.82, 2.24) is 5.32 Å². The van der Waals surface area contributed by atoms with E-state index in [0.717, 1.165) is 12.5 Å². The van der Waals surface area contributed by atoms with E-state index in [1.807, 2.05) is 13.8 Å². The Morgan fingerprint density at radius 1 is 1.20 bits per heavy atom. The number of hydrogen-bond acceptors (Lipinski definition) is 3. The van der Waals surface area contributed by atoms with E-state index in [1.54, 1.807) is 0 Å². The van der Waals surface area contributed by atoms with Crippen LogP contribution in [0.3, 0.4) is 0 Å². The average Bonchev–Trinajstić information content (AvgIpc) is 2.25. The highest BCUT2D eigenvalue weighted by Gasteiger charge is 2.23. The lowest BCUT2D eigenvalue weighted by Crippen LogP contribution is -2.44. The van der Waals surface area contributed by atoms with Gasteiger partial charge >= 0.3 is 5.97 Å². The molecule has 0 fully saturated rings. The second-order valence-electron chi connectivity index (χ2n) is 6.01. The molecule has 1 amide bonds. The first kappa shape index (κ1) is 16.0. The fourth-order valence-electron chi connectivity index (χ4n) is 2.32. The Kier molecular flexibility index (Phi) is 4.76. The van der Waals surface area contributed by atoms with Crippen LogP contribution in [0, 0.1) is 5.92 Å². The Hall–Kier alpha value is -2.04. The third-order valence-corrected chi connectivity index (χ3v) is 2.80. The predicted molar refractivity (Wildman–Crippen MR) is 76.1 cm³/mol. The minimum absolute atomic E-state index is 0.114. The molecule has 0 aliphatic rings. The summed E-state index contributed by atoms with van der Waals surface area (Å²) in [5.41, 5.74) is -0.379. The topological polar surface area (TPSA) is 86.6 Å². The molecule has 1 aromatic rings. The zero-order chi connectivity index (χ0) is 15.5. The van der Waals surface area contributed by atoms with Crippen LogP contribution in [-0.2, 0) is 0 Å². The number of rotatable bonds is 5. The lowest BCUT2D eigenvalue weighted by Gasteiger charge is -2.28. The molecular weight excluding hydrogens is 258 g/mol. The number of aromatic carboxylic acids is 1. The summed E-state index contributed by atoms with van der Waals surface area (Å²) in [6, 6.07) is 3.62. The lowest BCUT2D eigenvalue weighted by atomic mass is 9.92. The van der Waals surface area contributed by atoms with Gasteiger partial charge in [-0.25, -0.2) is 4.79 Å². The summed E-state index contributed by atoms with van der Waals surface area (Å²) >= 11 is 0. The lowest BCUT2D eigenvalue weighted by molar-refractivity contribution is 0.0696. The zero-order valence-corrected chi connectivity index (χ0v) is 12.2. The van der Waals surface area contributed by atoms with Gasteiger partial charge in [-0.1, -0.05) is 13.8 Å². The van der Waals surface area contributed by atoms with Crippen molar-refractivity contribution in [3.05, 3.63) is 29.3 Å². The van der Waals surface area contributed by atoms with E-state index >= 15 is 0 Å². The number of aromatic hydroxyl groups is 1. The Morgan fingerprint density at radius 2 is 1.75 bits per heavy atom. The molecule has 0 aromatic heterocycles. The van der Waals surface area contributed by atoms with Gasteiger partial charge in [-0.05, 0) is 44.4 Å². The van der Waals surface area contributed by atoms with Gasteiger partial charge in [0.1, 0.15) is 5.75 Å². The van der Waals surface area contributed by atoms with Crippen LogP contribution >= 0.6 is 0 Å². The number of nitrogens with one attached hydrogen (secondary N) is 1. The molecule has 3 N–H and O–H groups in total. The molecule has 0 bridgehead atoms. The number of benzene rings is 1. The van der Waals surface area contributed by atoms with Crippen LogP contribution in [0.2, 0.25) is 0 Å². The van der Waals surface area contributed by atoms with Crippen molar-refractivity contribution < 1.29 is 19.8 Å². The maximum absolute atomic E-state index is 12.2. The molecule has 1 rings (SSSR count). The van der Waals surface area contributed by atoms with Crippen molar-refractivity contribution >= 4 is 11.9 Å². The third kappa shape index (κ3) is 4.57. The van der Waals surface area contributed by atoms with E-state index in [0.29, 0.717) is 5.92 Å². The number of carboxylic acid groups (broad SMARTS) is 1. The summed E-state index contributed by atoms with van der Waals surface area (Å²) in [6.45, 7) is 7.94. The SMILES string of the molecule is CC(C)CC(C)(C)NC(=O)c1cc(O)cc(C(=O)O)c1. The quantitative estimate of drug-likeness (QED) is 0.773. The van der Waals surface area contributed by atoms with Crippen molar-refractivity contribution in [2.45, 2.75) is 39.7 Å². The number of carbonyl (C=O) groups excluding carboxylic acids is 1. The summed E-state index contributed by atoms with van der Waals surface area (Å²) in [7, 11) is 0. The van der Waals surface area contributed by atoms with E-state index in [9.17, 15) is 14.7 Å².